The highest BCUT2D eigenvalue weighted by molar-refractivity contribution is 5.96. The SMILES string of the molecule is CC(C)(c1ccccc1)c1ccc(-c2ccnc(-c3cccc(-c4cccc5c4nc(-c4ccccc4O)n5-c4ccccc4)c3)c2)cc1. The van der Waals surface area contributed by atoms with Gasteiger partial charge in [0.1, 0.15) is 11.6 Å². The summed E-state index contributed by atoms with van der Waals surface area (Å²) in [5.74, 6) is 0.884. The number of rotatable bonds is 7. The monoisotopic (exact) mass is 633 g/mol. The normalized spacial score (nSPS) is 11.6. The average Bonchev–Trinajstić information content (AvgIpc) is 3.55. The van der Waals surface area contributed by atoms with E-state index < -0.39 is 0 Å². The van der Waals surface area contributed by atoms with Crippen molar-refractivity contribution in [3.63, 3.8) is 0 Å². The summed E-state index contributed by atoms with van der Waals surface area (Å²) in [4.78, 5) is 9.97. The first kappa shape index (κ1) is 30.1. The second-order valence-electron chi connectivity index (χ2n) is 12.9. The van der Waals surface area contributed by atoms with E-state index in [1.54, 1.807) is 6.07 Å². The number of hydrogen-bond donors (Lipinski definition) is 1. The van der Waals surface area contributed by atoms with Gasteiger partial charge in [0.25, 0.3) is 0 Å². The van der Waals surface area contributed by atoms with Crippen molar-refractivity contribution in [3.05, 3.63) is 181 Å². The third kappa shape index (κ3) is 5.57. The molecule has 0 aliphatic carbocycles. The predicted octanol–water partition coefficient (Wildman–Crippen LogP) is 11.1. The fourth-order valence-corrected chi connectivity index (χ4v) is 6.73. The lowest BCUT2D eigenvalue weighted by molar-refractivity contribution is 0.477. The van der Waals surface area contributed by atoms with E-state index >= 15 is 0 Å². The van der Waals surface area contributed by atoms with Crippen LogP contribution in [0.1, 0.15) is 25.0 Å². The number of imidazole rings is 1. The number of nitrogens with zero attached hydrogens (tertiary/aromatic N) is 3. The van der Waals surface area contributed by atoms with E-state index in [0.29, 0.717) is 11.4 Å². The van der Waals surface area contributed by atoms with E-state index in [-0.39, 0.29) is 11.2 Å². The van der Waals surface area contributed by atoms with Crippen molar-refractivity contribution >= 4 is 11.0 Å². The average molecular weight is 634 g/mol. The third-order valence-corrected chi connectivity index (χ3v) is 9.51. The van der Waals surface area contributed by atoms with Crippen LogP contribution in [0, 0.1) is 0 Å². The summed E-state index contributed by atoms with van der Waals surface area (Å²) in [7, 11) is 0. The second-order valence-corrected chi connectivity index (χ2v) is 12.9. The zero-order valence-corrected chi connectivity index (χ0v) is 27.5. The number of phenols is 1. The van der Waals surface area contributed by atoms with Crippen molar-refractivity contribution in [2.75, 3.05) is 0 Å². The summed E-state index contributed by atoms with van der Waals surface area (Å²) in [6, 6.07) is 56.1. The maximum atomic E-state index is 10.9. The molecule has 0 saturated carbocycles. The van der Waals surface area contributed by atoms with Crippen molar-refractivity contribution in [3.8, 4) is 56.3 Å². The molecule has 0 unspecified atom stereocenters. The molecule has 0 saturated heterocycles. The number of fused-ring (bicyclic) bond motifs is 1. The summed E-state index contributed by atoms with van der Waals surface area (Å²) < 4.78 is 2.12. The molecule has 0 radical (unpaired) electrons. The Bertz CT molecular complexity index is 2410. The molecule has 0 amide bonds. The third-order valence-electron chi connectivity index (χ3n) is 9.51. The molecule has 0 aliphatic heterocycles. The molecule has 0 bridgehead atoms. The molecule has 2 aromatic heterocycles. The maximum absolute atomic E-state index is 10.9. The van der Waals surface area contributed by atoms with Gasteiger partial charge in [-0.1, -0.05) is 129 Å². The van der Waals surface area contributed by atoms with Crippen LogP contribution in [0.5, 0.6) is 5.75 Å². The Hall–Kier alpha value is -6.26. The molecule has 8 rings (SSSR count). The lowest BCUT2D eigenvalue weighted by Crippen LogP contribution is -2.18. The molecule has 0 atom stereocenters. The van der Waals surface area contributed by atoms with Gasteiger partial charge in [-0.25, -0.2) is 4.98 Å². The van der Waals surface area contributed by atoms with Crippen LogP contribution in [0.25, 0.3) is 61.6 Å². The summed E-state index contributed by atoms with van der Waals surface area (Å²) in [6.45, 7) is 4.54. The molecule has 8 aromatic rings. The van der Waals surface area contributed by atoms with Gasteiger partial charge in [0.2, 0.25) is 0 Å². The van der Waals surface area contributed by atoms with E-state index in [1.807, 2.05) is 42.6 Å². The quantitative estimate of drug-likeness (QED) is 0.190. The van der Waals surface area contributed by atoms with Crippen LogP contribution >= 0.6 is 0 Å². The van der Waals surface area contributed by atoms with Gasteiger partial charge in [-0.2, -0.15) is 0 Å². The lowest BCUT2D eigenvalue weighted by Gasteiger charge is -2.26. The molecule has 6 aromatic carbocycles. The van der Waals surface area contributed by atoms with Crippen molar-refractivity contribution in [2.24, 2.45) is 0 Å². The summed E-state index contributed by atoms with van der Waals surface area (Å²) in [5.41, 5.74) is 12.2. The van der Waals surface area contributed by atoms with Gasteiger partial charge in [-0.05, 0) is 76.3 Å². The molecule has 1 N–H and O–H groups in total. The van der Waals surface area contributed by atoms with Crippen molar-refractivity contribution in [1.82, 2.24) is 14.5 Å². The van der Waals surface area contributed by atoms with E-state index in [2.05, 4.69) is 140 Å². The smallest absolute Gasteiger partial charge is 0.149 e. The van der Waals surface area contributed by atoms with Gasteiger partial charge >= 0.3 is 0 Å². The lowest BCUT2D eigenvalue weighted by atomic mass is 9.78. The number of hydrogen-bond acceptors (Lipinski definition) is 3. The zero-order valence-electron chi connectivity index (χ0n) is 27.5. The van der Waals surface area contributed by atoms with Crippen molar-refractivity contribution in [1.29, 1.82) is 0 Å². The Balaban J connectivity index is 1.17. The number of aromatic nitrogens is 3. The fourth-order valence-electron chi connectivity index (χ4n) is 6.73. The van der Waals surface area contributed by atoms with Crippen LogP contribution < -0.4 is 0 Å². The molecular weight excluding hydrogens is 599 g/mol. The molecule has 4 heteroatoms. The van der Waals surface area contributed by atoms with E-state index in [4.69, 9.17) is 9.97 Å². The summed E-state index contributed by atoms with van der Waals surface area (Å²) in [5, 5.41) is 10.9. The van der Waals surface area contributed by atoms with Crippen LogP contribution in [-0.2, 0) is 5.41 Å². The van der Waals surface area contributed by atoms with Crippen LogP contribution in [0.4, 0.5) is 0 Å². The van der Waals surface area contributed by atoms with Gasteiger partial charge in [0.05, 0.1) is 22.3 Å². The second kappa shape index (κ2) is 12.4. The van der Waals surface area contributed by atoms with Gasteiger partial charge < -0.3 is 5.11 Å². The van der Waals surface area contributed by atoms with Gasteiger partial charge in [-0.3, -0.25) is 9.55 Å². The van der Waals surface area contributed by atoms with E-state index in [9.17, 15) is 5.11 Å². The number of para-hydroxylation sites is 3. The topological polar surface area (TPSA) is 50.9 Å². The molecule has 236 valence electrons. The Morgan fingerprint density at radius 3 is 1.96 bits per heavy atom. The minimum Gasteiger partial charge on any atom is -0.507 e. The Morgan fingerprint density at radius 1 is 0.531 bits per heavy atom. The first-order valence-corrected chi connectivity index (χ1v) is 16.6. The van der Waals surface area contributed by atoms with Gasteiger partial charge in [0.15, 0.2) is 0 Å². The highest BCUT2D eigenvalue weighted by Gasteiger charge is 2.23. The number of phenolic OH excluding ortho intramolecular Hbond substituents is 1. The highest BCUT2D eigenvalue weighted by atomic mass is 16.3. The summed E-state index contributed by atoms with van der Waals surface area (Å²) in [6.07, 6.45) is 1.89. The number of aromatic hydroxyl groups is 1. The Kier molecular flexibility index (Phi) is 7.62. The van der Waals surface area contributed by atoms with Crippen molar-refractivity contribution < 1.29 is 5.11 Å². The molecule has 0 fully saturated rings. The van der Waals surface area contributed by atoms with E-state index in [0.717, 1.165) is 50.2 Å². The first-order chi connectivity index (χ1) is 24.0. The molecule has 4 nitrogen and oxygen atoms in total. The molecule has 2 heterocycles. The minimum atomic E-state index is -0.0916. The first-order valence-electron chi connectivity index (χ1n) is 16.6. The van der Waals surface area contributed by atoms with E-state index in [1.165, 1.54) is 11.1 Å². The minimum absolute atomic E-state index is 0.0916. The molecular formula is C45H35N3O. The maximum Gasteiger partial charge on any atom is 0.149 e. The van der Waals surface area contributed by atoms with Gasteiger partial charge in [-0.15, -0.1) is 0 Å². The number of benzene rings is 6. The van der Waals surface area contributed by atoms with Crippen LogP contribution in [0.15, 0.2) is 170 Å². The van der Waals surface area contributed by atoms with Crippen LogP contribution in [-0.4, -0.2) is 19.6 Å². The van der Waals surface area contributed by atoms with Crippen molar-refractivity contribution in [2.45, 2.75) is 19.3 Å². The summed E-state index contributed by atoms with van der Waals surface area (Å²) >= 11 is 0. The fraction of sp³-hybridized carbons (Fsp3) is 0.0667. The standard InChI is InChI=1S/C45H35N3O/c1-45(2,35-15-5-3-6-16-35)36-25-23-31(24-26-36)32-27-28-46-40(30-32)34-14-11-13-33(29-34)38-20-12-21-41-43(38)47-44(39-19-9-10-22-42(39)49)48(41)37-17-7-4-8-18-37/h3-30,49H,1-2H3. The predicted molar refractivity (Wildman–Crippen MR) is 201 cm³/mol. The van der Waals surface area contributed by atoms with Crippen LogP contribution in [0.2, 0.25) is 0 Å². The van der Waals surface area contributed by atoms with Gasteiger partial charge in [0, 0.05) is 28.4 Å². The molecule has 0 spiro atoms. The zero-order chi connectivity index (χ0) is 33.4. The highest BCUT2D eigenvalue weighted by Crippen LogP contribution is 2.38. The van der Waals surface area contributed by atoms with Crippen LogP contribution in [0.3, 0.4) is 0 Å². The Morgan fingerprint density at radius 2 is 1.18 bits per heavy atom. The number of pyridine rings is 1. The molecule has 0 aliphatic rings. The largest absolute Gasteiger partial charge is 0.507 e. The molecule has 49 heavy (non-hydrogen) atoms. The Labute approximate surface area is 286 Å².